The third-order valence-corrected chi connectivity index (χ3v) is 3.48. The molecule has 0 aliphatic rings. The molecule has 1 heterocycles. The monoisotopic (exact) mass is 270 g/mol. The largest absolute Gasteiger partial charge is 0.313 e. The van der Waals surface area contributed by atoms with E-state index in [9.17, 15) is 4.79 Å². The van der Waals surface area contributed by atoms with Gasteiger partial charge in [0.05, 0.1) is 5.69 Å². The van der Waals surface area contributed by atoms with Gasteiger partial charge >= 0.3 is 0 Å². The first-order chi connectivity index (χ1) is 9.67. The fraction of sp³-hybridized carbons (Fsp3) is 0.353. The van der Waals surface area contributed by atoms with E-state index in [1.54, 1.807) is 0 Å². The molecular weight excluding hydrogens is 248 g/mol. The average molecular weight is 270 g/mol. The number of hydrogen-bond acceptors (Lipinski definition) is 2. The Morgan fingerprint density at radius 2 is 1.75 bits per heavy atom. The lowest BCUT2D eigenvalue weighted by atomic mass is 10.1. The lowest BCUT2D eigenvalue weighted by Crippen LogP contribution is -2.27. The molecule has 0 fully saturated rings. The minimum atomic E-state index is 0.103. The van der Waals surface area contributed by atoms with E-state index in [0.717, 1.165) is 23.4 Å². The van der Waals surface area contributed by atoms with Crippen LogP contribution in [0.1, 0.15) is 25.0 Å². The second-order valence-corrected chi connectivity index (χ2v) is 4.94. The first-order valence-corrected chi connectivity index (χ1v) is 7.17. The Bertz CT molecular complexity index is 626. The Morgan fingerprint density at radius 1 is 1.05 bits per heavy atom. The molecule has 0 bridgehead atoms. The number of aromatic nitrogens is 1. The number of pyridine rings is 1. The molecule has 0 amide bonds. The molecule has 106 valence electrons. The van der Waals surface area contributed by atoms with Crippen LogP contribution in [0, 0.1) is 6.92 Å². The number of rotatable bonds is 5. The minimum absolute atomic E-state index is 0.103. The van der Waals surface area contributed by atoms with E-state index in [2.05, 4.69) is 36.5 Å². The van der Waals surface area contributed by atoms with E-state index in [1.165, 1.54) is 5.56 Å². The molecule has 1 aromatic carbocycles. The second kappa shape index (κ2) is 6.53. The van der Waals surface area contributed by atoms with Crippen molar-refractivity contribution in [1.29, 1.82) is 0 Å². The van der Waals surface area contributed by atoms with E-state index < -0.39 is 0 Å². The highest BCUT2D eigenvalue weighted by atomic mass is 16.1. The Labute approximate surface area is 120 Å². The van der Waals surface area contributed by atoms with Crippen molar-refractivity contribution < 1.29 is 0 Å². The van der Waals surface area contributed by atoms with Crippen molar-refractivity contribution in [2.24, 2.45) is 0 Å². The third kappa shape index (κ3) is 2.99. The van der Waals surface area contributed by atoms with Crippen molar-refractivity contribution in [1.82, 2.24) is 9.88 Å². The molecular formula is C17H22N2O. The van der Waals surface area contributed by atoms with E-state index in [4.69, 9.17) is 0 Å². The molecule has 3 nitrogen and oxygen atoms in total. The van der Waals surface area contributed by atoms with E-state index in [0.29, 0.717) is 13.1 Å². The summed E-state index contributed by atoms with van der Waals surface area (Å²) in [6.07, 6.45) is 0. The van der Waals surface area contributed by atoms with Crippen LogP contribution >= 0.6 is 0 Å². The fourth-order valence-corrected chi connectivity index (χ4v) is 2.31. The highest BCUT2D eigenvalue weighted by Crippen LogP contribution is 2.19. The van der Waals surface area contributed by atoms with Crippen LogP contribution in [0.15, 0.2) is 41.2 Å². The van der Waals surface area contributed by atoms with Gasteiger partial charge in [0.2, 0.25) is 0 Å². The summed E-state index contributed by atoms with van der Waals surface area (Å²) in [6, 6.07) is 12.3. The second-order valence-electron chi connectivity index (χ2n) is 4.94. The quantitative estimate of drug-likeness (QED) is 0.906. The zero-order valence-electron chi connectivity index (χ0n) is 12.4. The molecule has 0 aliphatic heterocycles. The first kappa shape index (κ1) is 14.5. The van der Waals surface area contributed by atoms with Gasteiger partial charge in [-0.1, -0.05) is 42.8 Å². The zero-order chi connectivity index (χ0) is 14.5. The fourth-order valence-electron chi connectivity index (χ4n) is 2.31. The zero-order valence-corrected chi connectivity index (χ0v) is 12.4. The van der Waals surface area contributed by atoms with Crippen molar-refractivity contribution in [3.8, 4) is 11.3 Å². The Morgan fingerprint density at radius 3 is 2.35 bits per heavy atom. The highest BCUT2D eigenvalue weighted by molar-refractivity contribution is 5.60. The number of benzene rings is 1. The molecule has 1 N–H and O–H groups in total. The lowest BCUT2D eigenvalue weighted by molar-refractivity contribution is 0.682. The van der Waals surface area contributed by atoms with Gasteiger partial charge in [-0.15, -0.1) is 0 Å². The van der Waals surface area contributed by atoms with Gasteiger partial charge < -0.3 is 9.88 Å². The summed E-state index contributed by atoms with van der Waals surface area (Å²) in [6.45, 7) is 8.29. The standard InChI is InChI=1S/C17H22N2O/c1-4-18-12-15-10-11-16(19(5-2)17(15)20)14-8-6-13(3)7-9-14/h6-11,18H,4-5,12H2,1-3H3. The van der Waals surface area contributed by atoms with E-state index in [1.807, 2.05) is 30.5 Å². The smallest absolute Gasteiger partial charge is 0.255 e. The molecule has 2 aromatic rings. The number of aryl methyl sites for hydroxylation is 1. The number of nitrogens with zero attached hydrogens (tertiary/aromatic N) is 1. The van der Waals surface area contributed by atoms with Crippen molar-refractivity contribution in [2.75, 3.05) is 6.54 Å². The van der Waals surface area contributed by atoms with Gasteiger partial charge in [-0.3, -0.25) is 4.79 Å². The average Bonchev–Trinajstić information content (AvgIpc) is 2.46. The summed E-state index contributed by atoms with van der Waals surface area (Å²) in [4.78, 5) is 12.5. The summed E-state index contributed by atoms with van der Waals surface area (Å²) < 4.78 is 1.84. The maximum Gasteiger partial charge on any atom is 0.255 e. The van der Waals surface area contributed by atoms with Crippen molar-refractivity contribution in [3.05, 3.63) is 57.9 Å². The molecule has 3 heteroatoms. The predicted octanol–water partition coefficient (Wildman–Crippen LogP) is 2.95. The van der Waals surface area contributed by atoms with Crippen LogP contribution in [0.25, 0.3) is 11.3 Å². The Hall–Kier alpha value is -1.87. The van der Waals surface area contributed by atoms with Crippen LogP contribution < -0.4 is 10.9 Å². The number of hydrogen-bond donors (Lipinski definition) is 1. The summed E-state index contributed by atoms with van der Waals surface area (Å²) in [5.41, 5.74) is 4.22. The highest BCUT2D eigenvalue weighted by Gasteiger charge is 2.08. The van der Waals surface area contributed by atoms with Crippen LogP contribution in [-0.2, 0) is 13.1 Å². The first-order valence-electron chi connectivity index (χ1n) is 7.17. The maximum atomic E-state index is 12.5. The van der Waals surface area contributed by atoms with Gasteiger partial charge in [0, 0.05) is 18.7 Å². The van der Waals surface area contributed by atoms with Crippen molar-refractivity contribution in [3.63, 3.8) is 0 Å². The van der Waals surface area contributed by atoms with Gasteiger partial charge in [-0.2, -0.15) is 0 Å². The van der Waals surface area contributed by atoms with Gasteiger partial charge in [0.1, 0.15) is 0 Å². The summed E-state index contributed by atoms with van der Waals surface area (Å²) in [7, 11) is 0. The topological polar surface area (TPSA) is 34.0 Å². The van der Waals surface area contributed by atoms with Crippen LogP contribution in [-0.4, -0.2) is 11.1 Å². The van der Waals surface area contributed by atoms with Gasteiger partial charge in [0.15, 0.2) is 0 Å². The van der Waals surface area contributed by atoms with Crippen LogP contribution in [0.2, 0.25) is 0 Å². The molecule has 0 saturated heterocycles. The van der Waals surface area contributed by atoms with Crippen LogP contribution in [0.5, 0.6) is 0 Å². The normalized spacial score (nSPS) is 10.8. The summed E-state index contributed by atoms with van der Waals surface area (Å²) >= 11 is 0. The van der Waals surface area contributed by atoms with Gasteiger partial charge in [0.25, 0.3) is 5.56 Å². The molecule has 0 saturated carbocycles. The molecule has 0 unspecified atom stereocenters. The van der Waals surface area contributed by atoms with Crippen LogP contribution in [0.3, 0.4) is 0 Å². The summed E-state index contributed by atoms with van der Waals surface area (Å²) in [5, 5.41) is 3.21. The molecule has 20 heavy (non-hydrogen) atoms. The Balaban J connectivity index is 2.47. The van der Waals surface area contributed by atoms with Crippen molar-refractivity contribution in [2.45, 2.75) is 33.9 Å². The molecule has 1 aromatic heterocycles. The molecule has 2 rings (SSSR count). The third-order valence-electron chi connectivity index (χ3n) is 3.48. The molecule has 0 spiro atoms. The predicted molar refractivity (Wildman–Crippen MR) is 83.9 cm³/mol. The molecule has 0 aliphatic carbocycles. The molecule has 0 radical (unpaired) electrons. The van der Waals surface area contributed by atoms with E-state index >= 15 is 0 Å². The van der Waals surface area contributed by atoms with Crippen LogP contribution in [0.4, 0.5) is 0 Å². The van der Waals surface area contributed by atoms with Gasteiger partial charge in [-0.25, -0.2) is 0 Å². The lowest BCUT2D eigenvalue weighted by Gasteiger charge is -2.13. The maximum absolute atomic E-state index is 12.5. The van der Waals surface area contributed by atoms with Crippen molar-refractivity contribution >= 4 is 0 Å². The van der Waals surface area contributed by atoms with Gasteiger partial charge in [-0.05, 0) is 32.0 Å². The Kier molecular flexibility index (Phi) is 4.74. The summed E-state index contributed by atoms with van der Waals surface area (Å²) in [5.74, 6) is 0. The number of nitrogens with one attached hydrogen (secondary N) is 1. The van der Waals surface area contributed by atoms with E-state index in [-0.39, 0.29) is 5.56 Å². The minimum Gasteiger partial charge on any atom is -0.313 e. The molecule has 0 atom stereocenters. The SMILES string of the molecule is CCNCc1ccc(-c2ccc(C)cc2)n(CC)c1=O.